The number of ether oxygens (including phenoxy) is 1. The van der Waals surface area contributed by atoms with Crippen LogP contribution in [0.15, 0.2) is 18.2 Å². The third kappa shape index (κ3) is 1.90. The first-order chi connectivity index (χ1) is 7.68. The van der Waals surface area contributed by atoms with Crippen LogP contribution in [-0.4, -0.2) is 25.1 Å². The molecule has 0 saturated carbocycles. The van der Waals surface area contributed by atoms with Crippen molar-refractivity contribution < 1.29 is 14.3 Å². The number of fused-ring (bicyclic) bond motifs is 1. The van der Waals surface area contributed by atoms with Gasteiger partial charge in [0.1, 0.15) is 6.61 Å². The monoisotopic (exact) mass is 221 g/mol. The van der Waals surface area contributed by atoms with Crippen molar-refractivity contribution in [3.8, 4) is 5.75 Å². The van der Waals surface area contributed by atoms with Gasteiger partial charge in [0.2, 0.25) is 0 Å². The second-order valence-corrected chi connectivity index (χ2v) is 3.28. The summed E-state index contributed by atoms with van der Waals surface area (Å²) in [5.74, 6) is -0.111. The number of rotatable bonds is 1. The number of carbonyl (C=O) groups excluding carboxylic acids is 2. The molecule has 0 aromatic heterocycles. The average Bonchev–Trinajstić information content (AvgIpc) is 2.27. The first-order valence-electron chi connectivity index (χ1n) is 4.79. The van der Waals surface area contributed by atoms with Gasteiger partial charge in [-0.05, 0) is 12.1 Å². The maximum atomic E-state index is 11.6. The SMILES string of the molecule is NC(=O)NC(=O)c1cccc2c1OCCN2. The third-order valence-electron chi connectivity index (χ3n) is 2.16. The van der Waals surface area contributed by atoms with Gasteiger partial charge in [-0.15, -0.1) is 0 Å². The van der Waals surface area contributed by atoms with Gasteiger partial charge >= 0.3 is 6.03 Å². The van der Waals surface area contributed by atoms with E-state index < -0.39 is 11.9 Å². The number of nitrogens with one attached hydrogen (secondary N) is 2. The van der Waals surface area contributed by atoms with E-state index in [1.807, 2.05) is 5.32 Å². The number of primary amides is 1. The molecule has 84 valence electrons. The van der Waals surface area contributed by atoms with Crippen LogP contribution in [-0.2, 0) is 0 Å². The Morgan fingerprint density at radius 1 is 1.44 bits per heavy atom. The van der Waals surface area contributed by atoms with E-state index in [4.69, 9.17) is 10.5 Å². The molecule has 1 aliphatic heterocycles. The predicted molar refractivity (Wildman–Crippen MR) is 57.5 cm³/mol. The Labute approximate surface area is 91.8 Å². The van der Waals surface area contributed by atoms with Gasteiger partial charge < -0.3 is 15.8 Å². The smallest absolute Gasteiger partial charge is 0.319 e. The summed E-state index contributed by atoms with van der Waals surface area (Å²) in [7, 11) is 0. The number of nitrogens with two attached hydrogens (primary N) is 1. The molecule has 1 heterocycles. The lowest BCUT2D eigenvalue weighted by molar-refractivity contribution is 0.0962. The third-order valence-corrected chi connectivity index (χ3v) is 2.16. The first-order valence-corrected chi connectivity index (χ1v) is 4.79. The number of benzene rings is 1. The van der Waals surface area contributed by atoms with Crippen LogP contribution in [0.3, 0.4) is 0 Å². The lowest BCUT2D eigenvalue weighted by Gasteiger charge is -2.21. The fourth-order valence-electron chi connectivity index (χ4n) is 1.53. The number of para-hydroxylation sites is 1. The van der Waals surface area contributed by atoms with Gasteiger partial charge in [0.25, 0.3) is 5.91 Å². The van der Waals surface area contributed by atoms with Gasteiger partial charge in [-0.25, -0.2) is 4.79 Å². The number of amides is 3. The zero-order valence-electron chi connectivity index (χ0n) is 8.45. The van der Waals surface area contributed by atoms with Crippen LogP contribution >= 0.6 is 0 Å². The molecule has 0 bridgehead atoms. The topological polar surface area (TPSA) is 93.5 Å². The molecule has 6 nitrogen and oxygen atoms in total. The minimum atomic E-state index is -0.883. The fraction of sp³-hybridized carbons (Fsp3) is 0.200. The molecule has 0 aliphatic carbocycles. The van der Waals surface area contributed by atoms with Crippen molar-refractivity contribution in [1.29, 1.82) is 0 Å². The first kappa shape index (κ1) is 10.3. The van der Waals surface area contributed by atoms with E-state index in [0.717, 1.165) is 5.69 Å². The summed E-state index contributed by atoms with van der Waals surface area (Å²) in [5, 5.41) is 5.09. The van der Waals surface area contributed by atoms with Crippen molar-refractivity contribution in [1.82, 2.24) is 5.32 Å². The highest BCUT2D eigenvalue weighted by Gasteiger charge is 2.19. The van der Waals surface area contributed by atoms with Crippen LogP contribution in [0.5, 0.6) is 5.75 Å². The van der Waals surface area contributed by atoms with E-state index in [1.165, 1.54) is 0 Å². The minimum Gasteiger partial charge on any atom is -0.489 e. The molecule has 0 spiro atoms. The van der Waals surface area contributed by atoms with Crippen LogP contribution in [0.25, 0.3) is 0 Å². The molecular weight excluding hydrogens is 210 g/mol. The van der Waals surface area contributed by atoms with Crippen LogP contribution in [0.2, 0.25) is 0 Å². The molecule has 16 heavy (non-hydrogen) atoms. The maximum absolute atomic E-state index is 11.6. The highest BCUT2D eigenvalue weighted by molar-refractivity contribution is 6.06. The summed E-state index contributed by atoms with van der Waals surface area (Å²) in [6, 6.07) is 4.20. The number of hydrogen-bond acceptors (Lipinski definition) is 4. The van der Waals surface area contributed by atoms with Crippen molar-refractivity contribution in [2.75, 3.05) is 18.5 Å². The van der Waals surface area contributed by atoms with Gasteiger partial charge in [-0.3, -0.25) is 10.1 Å². The number of imide groups is 1. The summed E-state index contributed by atoms with van der Waals surface area (Å²) in [4.78, 5) is 22.2. The van der Waals surface area contributed by atoms with E-state index in [2.05, 4.69) is 5.32 Å². The van der Waals surface area contributed by atoms with Gasteiger partial charge in [-0.1, -0.05) is 6.07 Å². The Balaban J connectivity index is 2.33. The van der Waals surface area contributed by atoms with Crippen molar-refractivity contribution in [3.05, 3.63) is 23.8 Å². The number of hydrogen-bond donors (Lipinski definition) is 3. The zero-order chi connectivity index (χ0) is 11.5. The Morgan fingerprint density at radius 2 is 2.25 bits per heavy atom. The Kier molecular flexibility index (Phi) is 2.63. The highest BCUT2D eigenvalue weighted by atomic mass is 16.5. The molecule has 4 N–H and O–H groups in total. The standard InChI is InChI=1S/C10H11N3O3/c11-10(15)13-9(14)6-2-1-3-7-8(6)16-5-4-12-7/h1-3,12H,4-5H2,(H3,11,13,14,15). The molecule has 2 rings (SSSR count). The van der Waals surface area contributed by atoms with Crippen molar-refractivity contribution in [2.45, 2.75) is 0 Å². The predicted octanol–water partition coefficient (Wildman–Crippen LogP) is 0.299. The molecule has 0 radical (unpaired) electrons. The van der Waals surface area contributed by atoms with Crippen LogP contribution in [0.4, 0.5) is 10.5 Å². The number of urea groups is 1. The molecule has 0 fully saturated rings. The lowest BCUT2D eigenvalue weighted by atomic mass is 10.1. The van der Waals surface area contributed by atoms with E-state index in [0.29, 0.717) is 24.5 Å². The quantitative estimate of drug-likeness (QED) is 0.635. The number of carbonyl (C=O) groups is 2. The van der Waals surface area contributed by atoms with Crippen LogP contribution in [0, 0.1) is 0 Å². The highest BCUT2D eigenvalue weighted by Crippen LogP contribution is 2.30. The molecule has 0 atom stereocenters. The average molecular weight is 221 g/mol. The summed E-state index contributed by atoms with van der Waals surface area (Å²) in [6.45, 7) is 1.17. The van der Waals surface area contributed by atoms with Crippen molar-refractivity contribution in [2.24, 2.45) is 5.73 Å². The van der Waals surface area contributed by atoms with E-state index in [9.17, 15) is 9.59 Å². The molecule has 0 unspecified atom stereocenters. The Morgan fingerprint density at radius 3 is 3.00 bits per heavy atom. The van der Waals surface area contributed by atoms with Gasteiger partial charge in [-0.2, -0.15) is 0 Å². The molecule has 1 aromatic rings. The van der Waals surface area contributed by atoms with E-state index in [-0.39, 0.29) is 0 Å². The van der Waals surface area contributed by atoms with Crippen LogP contribution < -0.4 is 21.1 Å². The minimum absolute atomic E-state index is 0.295. The Bertz CT molecular complexity index is 445. The fourth-order valence-corrected chi connectivity index (χ4v) is 1.53. The molecule has 0 saturated heterocycles. The molecule has 6 heteroatoms. The van der Waals surface area contributed by atoms with Crippen molar-refractivity contribution in [3.63, 3.8) is 0 Å². The van der Waals surface area contributed by atoms with Gasteiger partial charge in [0, 0.05) is 6.54 Å². The molecule has 3 amide bonds. The summed E-state index contributed by atoms with van der Waals surface area (Å²) < 4.78 is 5.38. The second-order valence-electron chi connectivity index (χ2n) is 3.28. The van der Waals surface area contributed by atoms with Gasteiger partial charge in [0.15, 0.2) is 5.75 Å². The second kappa shape index (κ2) is 4.09. The van der Waals surface area contributed by atoms with E-state index >= 15 is 0 Å². The van der Waals surface area contributed by atoms with Crippen molar-refractivity contribution >= 4 is 17.6 Å². The largest absolute Gasteiger partial charge is 0.489 e. The zero-order valence-corrected chi connectivity index (χ0v) is 8.45. The molecule has 1 aliphatic rings. The summed E-state index contributed by atoms with van der Waals surface area (Å²) in [6.07, 6.45) is 0. The molecular formula is C10H11N3O3. The maximum Gasteiger partial charge on any atom is 0.319 e. The number of anilines is 1. The van der Waals surface area contributed by atoms with Crippen LogP contribution in [0.1, 0.15) is 10.4 Å². The normalized spacial score (nSPS) is 13.0. The van der Waals surface area contributed by atoms with E-state index in [1.54, 1.807) is 18.2 Å². The Hall–Kier alpha value is -2.24. The molecule has 1 aromatic carbocycles. The lowest BCUT2D eigenvalue weighted by Crippen LogP contribution is -2.35. The van der Waals surface area contributed by atoms with Gasteiger partial charge in [0.05, 0.1) is 11.3 Å². The summed E-state index contributed by atoms with van der Waals surface area (Å²) >= 11 is 0. The summed E-state index contributed by atoms with van der Waals surface area (Å²) in [5.41, 5.74) is 5.91.